The van der Waals surface area contributed by atoms with Crippen LogP contribution in [0.1, 0.15) is 29.0 Å². The molecule has 0 fully saturated rings. The summed E-state index contributed by atoms with van der Waals surface area (Å²) in [5.41, 5.74) is 2.23. The molecular formula is C21H16O7. The molecule has 1 atom stereocenters. The van der Waals surface area contributed by atoms with Gasteiger partial charge in [-0.3, -0.25) is 4.79 Å². The monoisotopic (exact) mass is 380 g/mol. The molecule has 28 heavy (non-hydrogen) atoms. The Labute approximate surface area is 159 Å². The summed E-state index contributed by atoms with van der Waals surface area (Å²) >= 11 is 0. The Hall–Kier alpha value is -3.48. The molecule has 0 saturated heterocycles. The molecule has 2 aliphatic heterocycles. The lowest BCUT2D eigenvalue weighted by Crippen LogP contribution is -2.21. The third-order valence-electron chi connectivity index (χ3n) is 5.14. The Kier molecular flexibility index (Phi) is 3.58. The zero-order valence-corrected chi connectivity index (χ0v) is 15.2. The minimum atomic E-state index is -0.447. The lowest BCUT2D eigenvalue weighted by Gasteiger charge is -2.26. The maximum Gasteiger partial charge on any atom is 0.336 e. The molecule has 1 aromatic heterocycles. The molecule has 0 amide bonds. The SMILES string of the molecule is COc1cc([C@H]2CC(=O)Oc3ccc4c(C)cc(=O)oc4c32)cc2c1OCO2. The number of carbonyl (C=O) groups is 1. The van der Waals surface area contributed by atoms with Gasteiger partial charge in [0.2, 0.25) is 12.5 Å². The smallest absolute Gasteiger partial charge is 0.336 e. The highest BCUT2D eigenvalue weighted by Crippen LogP contribution is 2.48. The quantitative estimate of drug-likeness (QED) is 0.383. The molecule has 2 aromatic carbocycles. The minimum Gasteiger partial charge on any atom is -0.493 e. The number of rotatable bonds is 2. The van der Waals surface area contributed by atoms with Gasteiger partial charge in [-0.1, -0.05) is 0 Å². The first kappa shape index (κ1) is 16.7. The van der Waals surface area contributed by atoms with E-state index in [2.05, 4.69) is 0 Å². The zero-order chi connectivity index (χ0) is 19.4. The summed E-state index contributed by atoms with van der Waals surface area (Å²) in [7, 11) is 1.54. The molecule has 7 heteroatoms. The van der Waals surface area contributed by atoms with Crippen LogP contribution in [0.5, 0.6) is 23.0 Å². The van der Waals surface area contributed by atoms with Gasteiger partial charge >= 0.3 is 11.6 Å². The van der Waals surface area contributed by atoms with Gasteiger partial charge in [0.1, 0.15) is 11.3 Å². The van der Waals surface area contributed by atoms with E-state index in [0.29, 0.717) is 34.1 Å². The summed E-state index contributed by atoms with van der Waals surface area (Å²) < 4.78 is 27.4. The van der Waals surface area contributed by atoms with Crippen LogP contribution in [0.15, 0.2) is 39.5 Å². The molecule has 3 aromatic rings. The lowest BCUT2D eigenvalue weighted by atomic mass is 9.84. The van der Waals surface area contributed by atoms with Crippen LogP contribution < -0.4 is 24.6 Å². The van der Waals surface area contributed by atoms with Crippen LogP contribution in [0.4, 0.5) is 0 Å². The molecule has 0 bridgehead atoms. The van der Waals surface area contributed by atoms with Crippen molar-refractivity contribution in [3.05, 3.63) is 57.4 Å². The molecule has 7 nitrogen and oxygen atoms in total. The van der Waals surface area contributed by atoms with Crippen LogP contribution in [0.25, 0.3) is 11.0 Å². The average molecular weight is 380 g/mol. The Bertz CT molecular complexity index is 1190. The van der Waals surface area contributed by atoms with Gasteiger partial charge in [-0.15, -0.1) is 0 Å². The number of aryl methyl sites for hydroxylation is 1. The number of methoxy groups -OCH3 is 1. The van der Waals surface area contributed by atoms with Crippen LogP contribution in [-0.4, -0.2) is 19.9 Å². The Balaban J connectivity index is 1.78. The van der Waals surface area contributed by atoms with E-state index in [0.717, 1.165) is 16.5 Å². The maximum atomic E-state index is 12.3. The Morgan fingerprint density at radius 3 is 2.75 bits per heavy atom. The maximum absolute atomic E-state index is 12.3. The van der Waals surface area contributed by atoms with Gasteiger partial charge < -0.3 is 23.4 Å². The molecule has 0 aliphatic carbocycles. The molecule has 0 unspecified atom stereocenters. The number of benzene rings is 2. The molecule has 142 valence electrons. The standard InChI is InChI=1S/C21H16O7/c1-10-5-17(22)28-20-12(10)3-4-14-19(20)13(8-18(23)27-14)11-6-15(24-2)21-16(7-11)25-9-26-21/h3-7,13H,8-9H2,1-2H3/t13-/m1/s1. The molecule has 5 rings (SSSR count). The summed E-state index contributed by atoms with van der Waals surface area (Å²) in [6, 6.07) is 8.61. The molecule has 0 radical (unpaired) electrons. The number of esters is 1. The van der Waals surface area contributed by atoms with Crippen LogP contribution in [0.2, 0.25) is 0 Å². The molecule has 3 heterocycles. The van der Waals surface area contributed by atoms with Gasteiger partial charge in [-0.2, -0.15) is 0 Å². The van der Waals surface area contributed by atoms with E-state index in [9.17, 15) is 9.59 Å². The average Bonchev–Trinajstić information content (AvgIpc) is 3.14. The van der Waals surface area contributed by atoms with Crippen molar-refractivity contribution in [3.63, 3.8) is 0 Å². The van der Waals surface area contributed by atoms with Crippen molar-refractivity contribution < 1.29 is 28.2 Å². The van der Waals surface area contributed by atoms with Crippen molar-refractivity contribution in [2.45, 2.75) is 19.3 Å². The van der Waals surface area contributed by atoms with Crippen molar-refractivity contribution in [1.82, 2.24) is 0 Å². The summed E-state index contributed by atoms with van der Waals surface area (Å²) in [4.78, 5) is 24.3. The fourth-order valence-electron chi connectivity index (χ4n) is 3.87. The second-order valence-electron chi connectivity index (χ2n) is 6.79. The molecule has 0 saturated carbocycles. The van der Waals surface area contributed by atoms with Gasteiger partial charge in [0.15, 0.2) is 11.5 Å². The van der Waals surface area contributed by atoms with E-state index in [1.54, 1.807) is 19.2 Å². The fraction of sp³-hybridized carbons (Fsp3) is 0.238. The molecule has 2 aliphatic rings. The topological polar surface area (TPSA) is 84.2 Å². The first-order chi connectivity index (χ1) is 13.5. The van der Waals surface area contributed by atoms with Gasteiger partial charge in [0.05, 0.1) is 13.5 Å². The second kappa shape index (κ2) is 6.02. The van der Waals surface area contributed by atoms with E-state index in [1.165, 1.54) is 6.07 Å². The summed E-state index contributed by atoms with van der Waals surface area (Å²) in [5, 5.41) is 0.800. The predicted molar refractivity (Wildman–Crippen MR) is 98.4 cm³/mol. The van der Waals surface area contributed by atoms with Crippen molar-refractivity contribution >= 4 is 16.9 Å². The van der Waals surface area contributed by atoms with Gasteiger partial charge in [-0.25, -0.2) is 4.79 Å². The highest BCUT2D eigenvalue weighted by atomic mass is 16.7. The summed E-state index contributed by atoms with van der Waals surface area (Å²) in [5.74, 6) is 1.25. The number of fused-ring (bicyclic) bond motifs is 4. The Morgan fingerprint density at radius 1 is 1.07 bits per heavy atom. The Morgan fingerprint density at radius 2 is 1.93 bits per heavy atom. The van der Waals surface area contributed by atoms with Gasteiger partial charge in [0.25, 0.3) is 0 Å². The van der Waals surface area contributed by atoms with E-state index in [-0.39, 0.29) is 25.1 Å². The lowest BCUT2D eigenvalue weighted by molar-refractivity contribution is -0.135. The second-order valence-corrected chi connectivity index (χ2v) is 6.79. The van der Waals surface area contributed by atoms with Crippen LogP contribution in [0.3, 0.4) is 0 Å². The van der Waals surface area contributed by atoms with Crippen molar-refractivity contribution in [2.75, 3.05) is 13.9 Å². The fourth-order valence-corrected chi connectivity index (χ4v) is 3.87. The predicted octanol–water partition coefficient (Wildman–Crippen LogP) is 3.28. The normalized spacial score (nSPS) is 17.4. The number of hydrogen-bond donors (Lipinski definition) is 0. The summed E-state index contributed by atoms with van der Waals surface area (Å²) in [6.45, 7) is 1.95. The third kappa shape index (κ3) is 2.43. The molecule has 0 spiro atoms. The zero-order valence-electron chi connectivity index (χ0n) is 15.2. The van der Waals surface area contributed by atoms with Crippen molar-refractivity contribution in [3.8, 4) is 23.0 Å². The van der Waals surface area contributed by atoms with E-state index in [1.807, 2.05) is 19.1 Å². The van der Waals surface area contributed by atoms with Gasteiger partial charge in [0, 0.05) is 22.9 Å². The van der Waals surface area contributed by atoms with Crippen molar-refractivity contribution in [1.29, 1.82) is 0 Å². The van der Waals surface area contributed by atoms with Crippen LogP contribution in [0, 0.1) is 6.92 Å². The number of hydrogen-bond acceptors (Lipinski definition) is 7. The van der Waals surface area contributed by atoms with Crippen molar-refractivity contribution in [2.24, 2.45) is 0 Å². The number of carbonyl (C=O) groups excluding carboxylic acids is 1. The van der Waals surface area contributed by atoms with E-state index >= 15 is 0 Å². The number of ether oxygens (including phenoxy) is 4. The van der Waals surface area contributed by atoms with Crippen LogP contribution >= 0.6 is 0 Å². The highest BCUT2D eigenvalue weighted by molar-refractivity contribution is 5.90. The molecular weight excluding hydrogens is 364 g/mol. The summed E-state index contributed by atoms with van der Waals surface area (Å²) in [6.07, 6.45) is 0.104. The molecule has 0 N–H and O–H groups in total. The highest BCUT2D eigenvalue weighted by Gasteiger charge is 2.34. The van der Waals surface area contributed by atoms with Crippen LogP contribution in [-0.2, 0) is 4.79 Å². The first-order valence-electron chi connectivity index (χ1n) is 8.80. The third-order valence-corrected chi connectivity index (χ3v) is 5.14. The van der Waals surface area contributed by atoms with Gasteiger partial charge in [-0.05, 0) is 42.3 Å². The van der Waals surface area contributed by atoms with E-state index in [4.69, 9.17) is 23.4 Å². The minimum absolute atomic E-state index is 0.104. The van der Waals surface area contributed by atoms with E-state index < -0.39 is 5.63 Å². The largest absolute Gasteiger partial charge is 0.493 e. The first-order valence-corrected chi connectivity index (χ1v) is 8.80.